The molecule has 0 aliphatic heterocycles. The second-order valence-electron chi connectivity index (χ2n) is 2.71. The van der Waals surface area contributed by atoms with Crippen molar-refractivity contribution in [2.75, 3.05) is 13.6 Å². The molecule has 0 fully saturated rings. The molecule has 0 atom stereocenters. The first-order valence-corrected chi connectivity index (χ1v) is 3.75. The van der Waals surface area contributed by atoms with Crippen LogP contribution in [0.4, 0.5) is 0 Å². The molecular weight excluding hydrogens is 168 g/mol. The minimum atomic E-state index is -0.193. The second kappa shape index (κ2) is 3.72. The summed E-state index contributed by atoms with van der Waals surface area (Å²) >= 11 is 0. The molecule has 1 heterocycles. The molecule has 1 aromatic heterocycles. The molecule has 0 aliphatic carbocycles. The van der Waals surface area contributed by atoms with Crippen LogP contribution in [0.2, 0.25) is 0 Å². The molecule has 0 N–H and O–H groups in total. The third-order valence-corrected chi connectivity index (χ3v) is 1.69. The Morgan fingerprint density at radius 2 is 2.54 bits per heavy atom. The number of hydrogen-bond acceptors (Lipinski definition) is 3. The Morgan fingerprint density at radius 3 is 3.00 bits per heavy atom. The zero-order valence-corrected chi connectivity index (χ0v) is 7.56. The van der Waals surface area contributed by atoms with Crippen LogP contribution in [0, 0.1) is 11.3 Å². The van der Waals surface area contributed by atoms with Gasteiger partial charge in [0, 0.05) is 14.1 Å². The topological polar surface area (TPSA) is 61.9 Å². The molecule has 1 rings (SSSR count). The molecule has 5 nitrogen and oxygen atoms in total. The standard InChI is InChI=1S/C8H10N4O/c1-11(4-3-9)8(13)7-5-10-6-12(7)2/h5-6H,4H2,1-2H3. The van der Waals surface area contributed by atoms with Gasteiger partial charge in [0.2, 0.25) is 0 Å². The lowest BCUT2D eigenvalue weighted by atomic mass is 10.4. The lowest BCUT2D eigenvalue weighted by Crippen LogP contribution is -2.28. The van der Waals surface area contributed by atoms with Crippen molar-refractivity contribution >= 4 is 5.91 Å². The summed E-state index contributed by atoms with van der Waals surface area (Å²) < 4.78 is 1.62. The number of rotatable bonds is 2. The van der Waals surface area contributed by atoms with Gasteiger partial charge in [-0.2, -0.15) is 5.26 Å². The fraction of sp³-hybridized carbons (Fsp3) is 0.375. The second-order valence-corrected chi connectivity index (χ2v) is 2.71. The lowest BCUT2D eigenvalue weighted by Gasteiger charge is -2.12. The lowest BCUT2D eigenvalue weighted by molar-refractivity contribution is 0.0802. The van der Waals surface area contributed by atoms with Crippen molar-refractivity contribution in [2.45, 2.75) is 0 Å². The summed E-state index contributed by atoms with van der Waals surface area (Å²) in [7, 11) is 3.32. The SMILES string of the molecule is CN(CC#N)C(=O)c1cncn1C. The Hall–Kier alpha value is -1.83. The highest BCUT2D eigenvalue weighted by Crippen LogP contribution is 2.00. The monoisotopic (exact) mass is 178 g/mol. The maximum Gasteiger partial charge on any atom is 0.272 e. The third kappa shape index (κ3) is 1.85. The molecule has 0 saturated carbocycles. The van der Waals surface area contributed by atoms with E-state index in [4.69, 9.17) is 5.26 Å². The molecule has 0 spiro atoms. The normalized spacial score (nSPS) is 9.31. The van der Waals surface area contributed by atoms with E-state index < -0.39 is 0 Å². The molecule has 0 aliphatic rings. The van der Waals surface area contributed by atoms with Gasteiger partial charge >= 0.3 is 0 Å². The number of aryl methyl sites for hydroxylation is 1. The van der Waals surface area contributed by atoms with E-state index in [-0.39, 0.29) is 12.5 Å². The summed E-state index contributed by atoms with van der Waals surface area (Å²) in [6, 6.07) is 1.91. The van der Waals surface area contributed by atoms with Crippen LogP contribution in [0.1, 0.15) is 10.5 Å². The van der Waals surface area contributed by atoms with Crippen LogP contribution in [0.25, 0.3) is 0 Å². The smallest absolute Gasteiger partial charge is 0.272 e. The molecule has 0 unspecified atom stereocenters. The zero-order valence-electron chi connectivity index (χ0n) is 7.56. The Balaban J connectivity index is 2.81. The maximum absolute atomic E-state index is 11.5. The van der Waals surface area contributed by atoms with E-state index in [1.165, 1.54) is 11.1 Å². The molecular formula is C8H10N4O. The molecule has 1 aromatic rings. The summed E-state index contributed by atoms with van der Waals surface area (Å²) in [4.78, 5) is 16.7. The number of carbonyl (C=O) groups is 1. The Morgan fingerprint density at radius 1 is 1.85 bits per heavy atom. The van der Waals surface area contributed by atoms with Gasteiger partial charge in [0.05, 0.1) is 18.6 Å². The summed E-state index contributed by atoms with van der Waals surface area (Å²) in [6.45, 7) is 0.0873. The first-order valence-electron chi connectivity index (χ1n) is 3.75. The average molecular weight is 178 g/mol. The minimum absolute atomic E-state index is 0.0873. The third-order valence-electron chi connectivity index (χ3n) is 1.69. The predicted octanol–water partition coefficient (Wildman–Crippen LogP) is 0.0157. The number of nitrogens with zero attached hydrogens (tertiary/aromatic N) is 4. The molecule has 0 radical (unpaired) electrons. The highest BCUT2D eigenvalue weighted by Gasteiger charge is 2.13. The highest BCUT2D eigenvalue weighted by atomic mass is 16.2. The number of hydrogen-bond donors (Lipinski definition) is 0. The number of imidazole rings is 1. The van der Waals surface area contributed by atoms with Gasteiger partial charge in [-0.15, -0.1) is 0 Å². The number of nitriles is 1. The quantitative estimate of drug-likeness (QED) is 0.599. The number of aromatic nitrogens is 2. The number of carbonyl (C=O) groups excluding carboxylic acids is 1. The van der Waals surface area contributed by atoms with E-state index in [1.807, 2.05) is 6.07 Å². The van der Waals surface area contributed by atoms with E-state index in [2.05, 4.69) is 4.98 Å². The average Bonchev–Trinajstić information content (AvgIpc) is 2.50. The van der Waals surface area contributed by atoms with Crippen LogP contribution < -0.4 is 0 Å². The predicted molar refractivity (Wildman–Crippen MR) is 45.8 cm³/mol. The van der Waals surface area contributed by atoms with Gasteiger partial charge in [0.1, 0.15) is 12.2 Å². The van der Waals surface area contributed by atoms with Crippen molar-refractivity contribution < 1.29 is 4.79 Å². The van der Waals surface area contributed by atoms with Gasteiger partial charge in [-0.1, -0.05) is 0 Å². The molecule has 0 aromatic carbocycles. The molecule has 1 amide bonds. The summed E-state index contributed by atoms with van der Waals surface area (Å²) in [5, 5.41) is 8.39. The summed E-state index contributed by atoms with van der Waals surface area (Å²) in [5.41, 5.74) is 0.484. The van der Waals surface area contributed by atoms with Crippen LogP contribution >= 0.6 is 0 Å². The Labute approximate surface area is 76.2 Å². The van der Waals surface area contributed by atoms with Crippen LogP contribution in [0.3, 0.4) is 0 Å². The highest BCUT2D eigenvalue weighted by molar-refractivity contribution is 5.92. The van der Waals surface area contributed by atoms with Crippen LogP contribution in [0.15, 0.2) is 12.5 Å². The van der Waals surface area contributed by atoms with E-state index >= 15 is 0 Å². The van der Waals surface area contributed by atoms with Gasteiger partial charge in [0.15, 0.2) is 0 Å². The Bertz CT molecular complexity index is 349. The van der Waals surface area contributed by atoms with Gasteiger partial charge in [0.25, 0.3) is 5.91 Å². The van der Waals surface area contributed by atoms with Crippen molar-refractivity contribution in [1.29, 1.82) is 5.26 Å². The summed E-state index contributed by atoms with van der Waals surface area (Å²) in [6.07, 6.45) is 3.03. The van der Waals surface area contributed by atoms with E-state index in [1.54, 1.807) is 25.0 Å². The number of amides is 1. The van der Waals surface area contributed by atoms with Crippen molar-refractivity contribution in [3.8, 4) is 6.07 Å². The molecule has 0 bridgehead atoms. The van der Waals surface area contributed by atoms with E-state index in [0.717, 1.165) is 0 Å². The first kappa shape index (κ1) is 9.26. The van der Waals surface area contributed by atoms with Gasteiger partial charge in [-0.3, -0.25) is 4.79 Å². The van der Waals surface area contributed by atoms with E-state index in [9.17, 15) is 4.79 Å². The fourth-order valence-corrected chi connectivity index (χ4v) is 0.937. The molecule has 5 heteroatoms. The van der Waals surface area contributed by atoms with Gasteiger partial charge in [-0.25, -0.2) is 4.98 Å². The molecule has 13 heavy (non-hydrogen) atoms. The van der Waals surface area contributed by atoms with E-state index in [0.29, 0.717) is 5.69 Å². The van der Waals surface area contributed by atoms with Crippen LogP contribution in [0.5, 0.6) is 0 Å². The van der Waals surface area contributed by atoms with Gasteiger partial charge in [-0.05, 0) is 0 Å². The van der Waals surface area contributed by atoms with Crippen LogP contribution in [-0.2, 0) is 7.05 Å². The largest absolute Gasteiger partial charge is 0.330 e. The minimum Gasteiger partial charge on any atom is -0.330 e. The van der Waals surface area contributed by atoms with Crippen LogP contribution in [-0.4, -0.2) is 34.0 Å². The van der Waals surface area contributed by atoms with Crippen molar-refractivity contribution in [2.24, 2.45) is 7.05 Å². The zero-order chi connectivity index (χ0) is 9.84. The maximum atomic E-state index is 11.5. The van der Waals surface area contributed by atoms with Crippen molar-refractivity contribution in [3.05, 3.63) is 18.2 Å². The Kier molecular flexibility index (Phi) is 2.65. The molecule has 0 saturated heterocycles. The molecule has 68 valence electrons. The first-order chi connectivity index (χ1) is 6.16. The fourth-order valence-electron chi connectivity index (χ4n) is 0.937. The summed E-state index contributed by atoms with van der Waals surface area (Å²) in [5.74, 6) is -0.193. The van der Waals surface area contributed by atoms with Crippen molar-refractivity contribution in [3.63, 3.8) is 0 Å². The van der Waals surface area contributed by atoms with Gasteiger partial charge < -0.3 is 9.47 Å². The van der Waals surface area contributed by atoms with Crippen molar-refractivity contribution in [1.82, 2.24) is 14.5 Å².